The summed E-state index contributed by atoms with van der Waals surface area (Å²) in [5.74, 6) is -0.0678. The molecule has 2 amide bonds. The van der Waals surface area contributed by atoms with E-state index in [0.29, 0.717) is 48.0 Å². The fourth-order valence-corrected chi connectivity index (χ4v) is 3.58. The topological polar surface area (TPSA) is 84.9 Å². The van der Waals surface area contributed by atoms with Crippen molar-refractivity contribution in [2.45, 2.75) is 52.5 Å². The fraction of sp³-hybridized carbons (Fsp3) is 0.591. The molecule has 30 heavy (non-hydrogen) atoms. The zero-order valence-electron chi connectivity index (χ0n) is 17.9. The number of amides is 2. The molecule has 1 saturated heterocycles. The van der Waals surface area contributed by atoms with Crippen molar-refractivity contribution in [2.75, 3.05) is 26.3 Å². The lowest BCUT2D eigenvalue weighted by Gasteiger charge is -2.34. The zero-order chi connectivity index (χ0) is 22.1. The van der Waals surface area contributed by atoms with Crippen LogP contribution in [0.25, 0.3) is 0 Å². The molecule has 7 nitrogen and oxygen atoms in total. The molecule has 1 aliphatic heterocycles. The third-order valence-electron chi connectivity index (χ3n) is 4.71. The van der Waals surface area contributed by atoms with E-state index in [0.717, 1.165) is 19.3 Å². The summed E-state index contributed by atoms with van der Waals surface area (Å²) >= 11 is 3.45. The summed E-state index contributed by atoms with van der Waals surface area (Å²) in [5, 5.41) is 2.73. The SMILES string of the molecule is CCCCCOC(=O)CC1C(=O)NCCN1C(=O)c1ccc(OCC(C)C)c(Br)c1. The minimum atomic E-state index is -0.874. The van der Waals surface area contributed by atoms with Crippen molar-refractivity contribution in [3.05, 3.63) is 28.2 Å². The van der Waals surface area contributed by atoms with Gasteiger partial charge < -0.3 is 19.7 Å². The molecule has 1 unspecified atom stereocenters. The highest BCUT2D eigenvalue weighted by atomic mass is 79.9. The molecule has 0 saturated carbocycles. The highest BCUT2D eigenvalue weighted by molar-refractivity contribution is 9.10. The first-order valence-electron chi connectivity index (χ1n) is 10.5. The smallest absolute Gasteiger partial charge is 0.308 e. The van der Waals surface area contributed by atoms with Crippen LogP contribution in [0.1, 0.15) is 56.8 Å². The van der Waals surface area contributed by atoms with Gasteiger partial charge in [0.05, 0.1) is 24.1 Å². The fourth-order valence-electron chi connectivity index (χ4n) is 3.09. The lowest BCUT2D eigenvalue weighted by Crippen LogP contribution is -2.57. The second kappa shape index (κ2) is 11.9. The van der Waals surface area contributed by atoms with Gasteiger partial charge in [-0.15, -0.1) is 0 Å². The number of benzene rings is 1. The molecule has 0 radical (unpaired) electrons. The quantitative estimate of drug-likeness (QED) is 0.407. The number of ether oxygens (including phenoxy) is 2. The average Bonchev–Trinajstić information content (AvgIpc) is 2.71. The largest absolute Gasteiger partial charge is 0.492 e. The Morgan fingerprint density at radius 1 is 1.30 bits per heavy atom. The standard InChI is InChI=1S/C22H31BrN2O5/c1-4-5-6-11-29-20(26)13-18-21(27)24-9-10-25(18)22(28)16-7-8-19(17(23)12-16)30-14-15(2)3/h7-8,12,15,18H,4-6,9-11,13-14H2,1-3H3,(H,24,27). The highest BCUT2D eigenvalue weighted by Crippen LogP contribution is 2.27. The van der Waals surface area contributed by atoms with Crippen LogP contribution in [0.15, 0.2) is 22.7 Å². The molecule has 1 heterocycles. The van der Waals surface area contributed by atoms with Crippen molar-refractivity contribution in [1.82, 2.24) is 10.2 Å². The summed E-state index contributed by atoms with van der Waals surface area (Å²) in [6, 6.07) is 4.22. The van der Waals surface area contributed by atoms with Crippen LogP contribution in [0.2, 0.25) is 0 Å². The Balaban J connectivity index is 2.06. The number of hydrogen-bond acceptors (Lipinski definition) is 5. The van der Waals surface area contributed by atoms with Crippen molar-refractivity contribution >= 4 is 33.7 Å². The van der Waals surface area contributed by atoms with Crippen LogP contribution in [0, 0.1) is 5.92 Å². The van der Waals surface area contributed by atoms with E-state index in [9.17, 15) is 14.4 Å². The lowest BCUT2D eigenvalue weighted by molar-refractivity contribution is -0.147. The predicted molar refractivity (Wildman–Crippen MR) is 117 cm³/mol. The van der Waals surface area contributed by atoms with Gasteiger partial charge in [0, 0.05) is 18.7 Å². The maximum absolute atomic E-state index is 13.1. The molecule has 0 aromatic heterocycles. The van der Waals surface area contributed by atoms with E-state index < -0.39 is 12.0 Å². The molecule has 1 aromatic carbocycles. The number of carbonyl (C=O) groups is 3. The van der Waals surface area contributed by atoms with Crippen molar-refractivity contribution in [2.24, 2.45) is 5.92 Å². The third kappa shape index (κ3) is 7.00. The summed E-state index contributed by atoms with van der Waals surface area (Å²) in [6.45, 7) is 7.77. The molecule has 0 spiro atoms. The maximum Gasteiger partial charge on any atom is 0.308 e. The lowest BCUT2D eigenvalue weighted by atomic mass is 10.1. The molecule has 166 valence electrons. The average molecular weight is 483 g/mol. The van der Waals surface area contributed by atoms with Gasteiger partial charge in [-0.3, -0.25) is 14.4 Å². The van der Waals surface area contributed by atoms with E-state index in [1.165, 1.54) is 4.90 Å². The van der Waals surface area contributed by atoms with Crippen LogP contribution in [0.3, 0.4) is 0 Å². The first-order chi connectivity index (χ1) is 14.3. The molecule has 8 heteroatoms. The monoisotopic (exact) mass is 482 g/mol. The van der Waals surface area contributed by atoms with Crippen LogP contribution < -0.4 is 10.1 Å². The first kappa shape index (κ1) is 24.2. The van der Waals surface area contributed by atoms with Crippen molar-refractivity contribution in [1.29, 1.82) is 0 Å². The number of rotatable bonds is 10. The van der Waals surface area contributed by atoms with Gasteiger partial charge in [-0.1, -0.05) is 33.6 Å². The van der Waals surface area contributed by atoms with Crippen molar-refractivity contribution in [3.63, 3.8) is 0 Å². The summed E-state index contributed by atoms with van der Waals surface area (Å²) in [7, 11) is 0. The Labute approximate surface area is 186 Å². The second-order valence-corrected chi connectivity index (χ2v) is 8.64. The number of unbranched alkanes of at least 4 members (excludes halogenated alkanes) is 2. The van der Waals surface area contributed by atoms with Crippen LogP contribution in [-0.2, 0) is 14.3 Å². The molecule has 0 aliphatic carbocycles. The predicted octanol–water partition coefficient (Wildman–Crippen LogP) is 3.55. The molecular weight excluding hydrogens is 452 g/mol. The van der Waals surface area contributed by atoms with E-state index in [1.807, 2.05) is 0 Å². The summed E-state index contributed by atoms with van der Waals surface area (Å²) in [5.41, 5.74) is 0.426. The minimum absolute atomic E-state index is 0.152. The summed E-state index contributed by atoms with van der Waals surface area (Å²) in [6.07, 6.45) is 2.65. The number of nitrogens with one attached hydrogen (secondary N) is 1. The van der Waals surface area contributed by atoms with Gasteiger partial charge in [-0.2, -0.15) is 0 Å². The molecule has 1 aromatic rings. The van der Waals surface area contributed by atoms with Gasteiger partial charge in [0.15, 0.2) is 0 Å². The van der Waals surface area contributed by atoms with Crippen molar-refractivity contribution in [3.8, 4) is 5.75 Å². The number of piperazine rings is 1. The van der Waals surface area contributed by atoms with Gasteiger partial charge in [0.2, 0.25) is 5.91 Å². The second-order valence-electron chi connectivity index (χ2n) is 7.79. The van der Waals surface area contributed by atoms with Crippen LogP contribution in [-0.4, -0.2) is 55.0 Å². The third-order valence-corrected chi connectivity index (χ3v) is 5.33. The van der Waals surface area contributed by atoms with Crippen LogP contribution >= 0.6 is 15.9 Å². The molecule has 1 N–H and O–H groups in total. The van der Waals surface area contributed by atoms with Gasteiger partial charge in [-0.25, -0.2) is 0 Å². The zero-order valence-corrected chi connectivity index (χ0v) is 19.5. The molecule has 1 fully saturated rings. The van der Waals surface area contributed by atoms with Crippen molar-refractivity contribution < 1.29 is 23.9 Å². The Kier molecular flexibility index (Phi) is 9.62. The van der Waals surface area contributed by atoms with E-state index >= 15 is 0 Å². The number of halogens is 1. The van der Waals surface area contributed by atoms with E-state index in [-0.39, 0.29) is 18.2 Å². The normalized spacial score (nSPS) is 16.4. The Morgan fingerprint density at radius 3 is 2.73 bits per heavy atom. The molecule has 0 bridgehead atoms. The molecular formula is C22H31BrN2O5. The van der Waals surface area contributed by atoms with Gasteiger partial charge >= 0.3 is 5.97 Å². The van der Waals surface area contributed by atoms with Gasteiger partial charge in [-0.05, 0) is 46.5 Å². The number of carbonyl (C=O) groups excluding carboxylic acids is 3. The highest BCUT2D eigenvalue weighted by Gasteiger charge is 2.35. The number of esters is 1. The Hall–Kier alpha value is -2.09. The minimum Gasteiger partial charge on any atom is -0.492 e. The molecule has 1 aliphatic rings. The molecule has 1 atom stereocenters. The number of nitrogens with zero attached hydrogens (tertiary/aromatic N) is 1. The summed E-state index contributed by atoms with van der Waals surface area (Å²) in [4.78, 5) is 39.1. The first-order valence-corrected chi connectivity index (χ1v) is 11.3. The summed E-state index contributed by atoms with van der Waals surface area (Å²) < 4.78 is 11.6. The van der Waals surface area contributed by atoms with Gasteiger partial charge in [0.1, 0.15) is 11.8 Å². The Bertz CT molecular complexity index is 753. The van der Waals surface area contributed by atoms with E-state index in [2.05, 4.69) is 42.0 Å². The maximum atomic E-state index is 13.1. The van der Waals surface area contributed by atoms with Gasteiger partial charge in [0.25, 0.3) is 5.91 Å². The van der Waals surface area contributed by atoms with E-state index in [4.69, 9.17) is 9.47 Å². The molecule has 2 rings (SSSR count). The van der Waals surface area contributed by atoms with Crippen LogP contribution in [0.4, 0.5) is 0 Å². The number of hydrogen-bond donors (Lipinski definition) is 1. The van der Waals surface area contributed by atoms with Crippen LogP contribution in [0.5, 0.6) is 5.75 Å². The van der Waals surface area contributed by atoms with E-state index in [1.54, 1.807) is 18.2 Å². The Morgan fingerprint density at radius 2 is 2.07 bits per heavy atom.